The van der Waals surface area contributed by atoms with Crippen LogP contribution in [0.4, 0.5) is 0 Å². The third-order valence-corrected chi connectivity index (χ3v) is 2.53. The Morgan fingerprint density at radius 1 is 1.18 bits per heavy atom. The molecule has 0 spiro atoms. The molecule has 1 rings (SSSR count). The summed E-state index contributed by atoms with van der Waals surface area (Å²) in [6.45, 7) is 3.77. The van der Waals surface area contributed by atoms with Crippen LogP contribution in [0, 0.1) is 5.92 Å². The summed E-state index contributed by atoms with van der Waals surface area (Å²) in [5.41, 5.74) is 0.812. The Labute approximate surface area is 68.5 Å². The molecule has 0 aromatic heterocycles. The van der Waals surface area contributed by atoms with Gasteiger partial charge in [-0.2, -0.15) is 0 Å². The number of hydrogen-bond donors (Lipinski definition) is 0. The van der Waals surface area contributed by atoms with E-state index in [-0.39, 0.29) is 0 Å². The topological polar surface area (TPSA) is 17.1 Å². The average Bonchev–Trinajstić information content (AvgIpc) is 2.30. The first-order valence-electron chi connectivity index (χ1n) is 4.48. The molecule has 0 heterocycles. The molecular formula is C10H16O. The van der Waals surface area contributed by atoms with Crippen LogP contribution in [-0.2, 0) is 4.79 Å². The van der Waals surface area contributed by atoms with Gasteiger partial charge in [-0.25, -0.2) is 0 Å². The monoisotopic (exact) mass is 152 g/mol. The predicted octanol–water partition coefficient (Wildman–Crippen LogP) is 2.71. The highest BCUT2D eigenvalue weighted by Crippen LogP contribution is 2.26. The second-order valence-electron chi connectivity index (χ2n) is 3.38. The lowest BCUT2D eigenvalue weighted by atomic mass is 9.94. The van der Waals surface area contributed by atoms with Gasteiger partial charge in [-0.1, -0.05) is 32.3 Å². The van der Waals surface area contributed by atoms with Crippen molar-refractivity contribution in [2.75, 3.05) is 0 Å². The van der Waals surface area contributed by atoms with E-state index in [2.05, 4.69) is 6.58 Å². The number of carbonyl (C=O) groups is 1. The fourth-order valence-corrected chi connectivity index (χ4v) is 1.75. The minimum Gasteiger partial charge on any atom is -0.298 e. The largest absolute Gasteiger partial charge is 0.298 e. The molecule has 0 aromatic carbocycles. The molecule has 1 fully saturated rings. The number of aldehydes is 1. The highest BCUT2D eigenvalue weighted by Gasteiger charge is 2.13. The quantitative estimate of drug-likeness (QED) is 0.338. The SMILES string of the molecule is C=C(C=O)C1CCCCCC1. The van der Waals surface area contributed by atoms with Crippen LogP contribution in [0.1, 0.15) is 38.5 Å². The molecular weight excluding hydrogens is 136 g/mol. The standard InChI is InChI=1S/C10H16O/c1-9(8-11)10-6-4-2-3-5-7-10/h8,10H,1-7H2. The van der Waals surface area contributed by atoms with Crippen LogP contribution in [0.5, 0.6) is 0 Å². The van der Waals surface area contributed by atoms with Gasteiger partial charge in [-0.05, 0) is 24.3 Å². The molecule has 0 saturated heterocycles. The second kappa shape index (κ2) is 4.32. The molecule has 1 aliphatic rings. The lowest BCUT2D eigenvalue weighted by molar-refractivity contribution is -0.105. The molecule has 0 radical (unpaired) electrons. The van der Waals surface area contributed by atoms with Gasteiger partial charge in [-0.3, -0.25) is 4.79 Å². The Kier molecular flexibility index (Phi) is 3.34. The van der Waals surface area contributed by atoms with E-state index in [0.717, 1.165) is 11.9 Å². The highest BCUT2D eigenvalue weighted by molar-refractivity contribution is 5.72. The van der Waals surface area contributed by atoms with Crippen molar-refractivity contribution in [2.24, 2.45) is 5.92 Å². The van der Waals surface area contributed by atoms with E-state index in [1.807, 2.05) is 0 Å². The van der Waals surface area contributed by atoms with Crippen LogP contribution in [0.15, 0.2) is 12.2 Å². The first-order chi connectivity index (χ1) is 5.34. The van der Waals surface area contributed by atoms with E-state index in [9.17, 15) is 4.79 Å². The summed E-state index contributed by atoms with van der Waals surface area (Å²) in [7, 11) is 0. The van der Waals surface area contributed by atoms with Gasteiger partial charge < -0.3 is 0 Å². The first kappa shape index (κ1) is 8.51. The van der Waals surface area contributed by atoms with Crippen molar-refractivity contribution in [1.29, 1.82) is 0 Å². The Balaban J connectivity index is 2.42. The van der Waals surface area contributed by atoms with Gasteiger partial charge in [-0.15, -0.1) is 0 Å². The van der Waals surface area contributed by atoms with E-state index < -0.39 is 0 Å². The summed E-state index contributed by atoms with van der Waals surface area (Å²) in [4.78, 5) is 10.4. The van der Waals surface area contributed by atoms with E-state index >= 15 is 0 Å². The Morgan fingerprint density at radius 2 is 1.73 bits per heavy atom. The fraction of sp³-hybridized carbons (Fsp3) is 0.700. The van der Waals surface area contributed by atoms with E-state index in [1.54, 1.807) is 0 Å². The smallest absolute Gasteiger partial charge is 0.145 e. The minimum absolute atomic E-state index is 0.495. The summed E-state index contributed by atoms with van der Waals surface area (Å²) in [5, 5.41) is 0. The molecule has 62 valence electrons. The molecule has 1 heteroatoms. The molecule has 1 nitrogen and oxygen atoms in total. The molecule has 0 aromatic rings. The van der Waals surface area contributed by atoms with E-state index in [1.165, 1.54) is 38.5 Å². The van der Waals surface area contributed by atoms with Crippen molar-refractivity contribution >= 4 is 6.29 Å². The lowest BCUT2D eigenvalue weighted by Gasteiger charge is -2.11. The summed E-state index contributed by atoms with van der Waals surface area (Å²) in [6, 6.07) is 0. The highest BCUT2D eigenvalue weighted by atomic mass is 16.1. The maximum absolute atomic E-state index is 10.4. The summed E-state index contributed by atoms with van der Waals surface area (Å²) < 4.78 is 0. The zero-order valence-corrected chi connectivity index (χ0v) is 7.01. The second-order valence-corrected chi connectivity index (χ2v) is 3.38. The van der Waals surface area contributed by atoms with Crippen LogP contribution in [0.2, 0.25) is 0 Å². The molecule has 1 saturated carbocycles. The molecule has 1 aliphatic carbocycles. The molecule has 0 aliphatic heterocycles. The van der Waals surface area contributed by atoms with Crippen LogP contribution in [-0.4, -0.2) is 6.29 Å². The maximum atomic E-state index is 10.4. The third kappa shape index (κ3) is 2.49. The molecule has 11 heavy (non-hydrogen) atoms. The number of allylic oxidation sites excluding steroid dienone is 1. The van der Waals surface area contributed by atoms with Gasteiger partial charge in [0.25, 0.3) is 0 Å². The van der Waals surface area contributed by atoms with Crippen molar-refractivity contribution in [3.8, 4) is 0 Å². The van der Waals surface area contributed by atoms with Gasteiger partial charge in [0.05, 0.1) is 0 Å². The normalized spacial score (nSPS) is 20.7. The maximum Gasteiger partial charge on any atom is 0.145 e. The molecule has 0 atom stereocenters. The van der Waals surface area contributed by atoms with E-state index in [4.69, 9.17) is 0 Å². The lowest BCUT2D eigenvalue weighted by Crippen LogP contribution is -2.02. The molecule has 0 N–H and O–H groups in total. The van der Waals surface area contributed by atoms with Crippen molar-refractivity contribution < 1.29 is 4.79 Å². The van der Waals surface area contributed by atoms with Crippen LogP contribution in [0.3, 0.4) is 0 Å². The Hall–Kier alpha value is -0.590. The van der Waals surface area contributed by atoms with Gasteiger partial charge in [0.2, 0.25) is 0 Å². The van der Waals surface area contributed by atoms with Crippen molar-refractivity contribution in [3.05, 3.63) is 12.2 Å². The van der Waals surface area contributed by atoms with Gasteiger partial charge in [0.1, 0.15) is 6.29 Å². The summed E-state index contributed by atoms with van der Waals surface area (Å²) in [6.07, 6.45) is 8.51. The Morgan fingerprint density at radius 3 is 2.18 bits per heavy atom. The third-order valence-electron chi connectivity index (χ3n) is 2.53. The predicted molar refractivity (Wildman–Crippen MR) is 46.4 cm³/mol. The molecule has 0 unspecified atom stereocenters. The number of rotatable bonds is 2. The molecule has 0 amide bonds. The van der Waals surface area contributed by atoms with Crippen molar-refractivity contribution in [2.45, 2.75) is 38.5 Å². The summed E-state index contributed by atoms with van der Waals surface area (Å²) in [5.74, 6) is 0.495. The minimum atomic E-state index is 0.495. The number of carbonyl (C=O) groups excluding carboxylic acids is 1. The Bertz CT molecular complexity index is 141. The number of hydrogen-bond acceptors (Lipinski definition) is 1. The van der Waals surface area contributed by atoms with Crippen molar-refractivity contribution in [3.63, 3.8) is 0 Å². The van der Waals surface area contributed by atoms with Gasteiger partial charge in [0.15, 0.2) is 0 Å². The van der Waals surface area contributed by atoms with Gasteiger partial charge in [0, 0.05) is 0 Å². The summed E-state index contributed by atoms with van der Waals surface area (Å²) >= 11 is 0. The van der Waals surface area contributed by atoms with Gasteiger partial charge >= 0.3 is 0 Å². The average molecular weight is 152 g/mol. The van der Waals surface area contributed by atoms with Crippen LogP contribution >= 0.6 is 0 Å². The van der Waals surface area contributed by atoms with E-state index in [0.29, 0.717) is 5.92 Å². The first-order valence-corrected chi connectivity index (χ1v) is 4.48. The van der Waals surface area contributed by atoms with Crippen LogP contribution in [0.25, 0.3) is 0 Å². The zero-order valence-electron chi connectivity index (χ0n) is 7.01. The zero-order chi connectivity index (χ0) is 8.10. The van der Waals surface area contributed by atoms with Crippen LogP contribution < -0.4 is 0 Å². The molecule has 0 bridgehead atoms. The fourth-order valence-electron chi connectivity index (χ4n) is 1.75. The van der Waals surface area contributed by atoms with Crippen molar-refractivity contribution in [1.82, 2.24) is 0 Å².